The van der Waals surface area contributed by atoms with Crippen LogP contribution in [-0.2, 0) is 0 Å². The number of benzene rings is 3. The molecule has 6 heteroatoms. The third-order valence-corrected chi connectivity index (χ3v) is 6.93. The number of fused-ring (bicyclic) bond motifs is 1. The van der Waals surface area contributed by atoms with Gasteiger partial charge in [0.15, 0.2) is 0 Å². The van der Waals surface area contributed by atoms with Gasteiger partial charge in [0.25, 0.3) is 5.91 Å². The molecule has 0 spiro atoms. The zero-order valence-electron chi connectivity index (χ0n) is 17.7. The van der Waals surface area contributed by atoms with Crippen molar-refractivity contribution in [3.8, 4) is 0 Å². The standard InChI is InChI=1S/C27H21BrF2N2O/c28-24-7-2-1-5-22(24)27(33)32-26(18-10-14-21(30)15-11-18)23-6-3-4-19(25(23)31-32)16-17-8-12-20(29)13-9-17/h1-2,5,7-16,23,26H,3-4,6H2/b19-16-. The maximum absolute atomic E-state index is 13.7. The smallest absolute Gasteiger partial charge is 0.267 e. The Hall–Kier alpha value is -3.12. The van der Waals surface area contributed by atoms with Crippen LogP contribution in [0.4, 0.5) is 8.78 Å². The van der Waals surface area contributed by atoms with E-state index in [9.17, 15) is 13.6 Å². The summed E-state index contributed by atoms with van der Waals surface area (Å²) in [5, 5.41) is 6.40. The largest absolute Gasteiger partial charge is 0.275 e. The van der Waals surface area contributed by atoms with Crippen LogP contribution in [0.5, 0.6) is 0 Å². The van der Waals surface area contributed by atoms with E-state index in [1.165, 1.54) is 24.3 Å². The molecule has 2 aliphatic rings. The van der Waals surface area contributed by atoms with Crippen molar-refractivity contribution in [3.05, 3.63) is 111 Å². The van der Waals surface area contributed by atoms with Crippen molar-refractivity contribution in [3.63, 3.8) is 0 Å². The summed E-state index contributed by atoms with van der Waals surface area (Å²) in [5.41, 5.74) is 4.19. The van der Waals surface area contributed by atoms with Gasteiger partial charge in [0.1, 0.15) is 11.6 Å². The molecule has 1 aliphatic heterocycles. The molecule has 1 saturated carbocycles. The van der Waals surface area contributed by atoms with Crippen molar-refractivity contribution in [1.29, 1.82) is 0 Å². The van der Waals surface area contributed by atoms with Crippen LogP contribution in [0.25, 0.3) is 6.08 Å². The summed E-state index contributed by atoms with van der Waals surface area (Å²) < 4.78 is 27.7. The van der Waals surface area contributed by atoms with Crippen molar-refractivity contribution >= 4 is 33.6 Å². The first-order valence-electron chi connectivity index (χ1n) is 10.9. The normalized spacial score (nSPS) is 21.1. The SMILES string of the molecule is O=C(c1ccccc1Br)N1N=C2/C(=C\c3ccc(F)cc3)CCCC2C1c1ccc(F)cc1. The summed E-state index contributed by atoms with van der Waals surface area (Å²) in [5.74, 6) is -0.803. The first kappa shape index (κ1) is 21.7. The highest BCUT2D eigenvalue weighted by Crippen LogP contribution is 2.45. The van der Waals surface area contributed by atoms with Crippen LogP contribution in [0.2, 0.25) is 0 Å². The number of nitrogens with zero attached hydrogens (tertiary/aromatic N) is 2. The van der Waals surface area contributed by atoms with Crippen LogP contribution in [-0.4, -0.2) is 16.6 Å². The molecule has 3 nitrogen and oxygen atoms in total. The number of hydrogen-bond acceptors (Lipinski definition) is 2. The lowest BCUT2D eigenvalue weighted by Crippen LogP contribution is -2.32. The fourth-order valence-electron chi connectivity index (χ4n) is 4.68. The van der Waals surface area contributed by atoms with Crippen molar-refractivity contribution in [1.82, 2.24) is 5.01 Å². The van der Waals surface area contributed by atoms with E-state index < -0.39 is 0 Å². The molecular weight excluding hydrogens is 486 g/mol. The van der Waals surface area contributed by atoms with Crippen LogP contribution in [0.3, 0.4) is 0 Å². The second kappa shape index (κ2) is 9.02. The number of hydrogen-bond donors (Lipinski definition) is 0. The van der Waals surface area contributed by atoms with E-state index >= 15 is 0 Å². The number of carbonyl (C=O) groups excluding carboxylic acids is 1. The van der Waals surface area contributed by atoms with Gasteiger partial charge in [0.2, 0.25) is 0 Å². The molecule has 1 fully saturated rings. The predicted molar refractivity (Wildman–Crippen MR) is 129 cm³/mol. The maximum Gasteiger partial charge on any atom is 0.275 e. The quantitative estimate of drug-likeness (QED) is 0.370. The third kappa shape index (κ3) is 4.27. The molecular formula is C27H21BrF2N2O. The van der Waals surface area contributed by atoms with Gasteiger partial charge in [-0.15, -0.1) is 0 Å². The topological polar surface area (TPSA) is 32.7 Å². The van der Waals surface area contributed by atoms with E-state index in [1.54, 1.807) is 35.3 Å². The second-order valence-electron chi connectivity index (χ2n) is 8.33. The van der Waals surface area contributed by atoms with Crippen molar-refractivity contribution in [2.75, 3.05) is 0 Å². The van der Waals surface area contributed by atoms with E-state index in [2.05, 4.69) is 15.9 Å². The Labute approximate surface area is 199 Å². The Morgan fingerprint density at radius 3 is 2.33 bits per heavy atom. The minimum atomic E-state index is -0.322. The number of allylic oxidation sites excluding steroid dienone is 1. The molecule has 0 radical (unpaired) electrons. The fourth-order valence-corrected chi connectivity index (χ4v) is 5.13. The average molecular weight is 507 g/mol. The van der Waals surface area contributed by atoms with E-state index in [0.29, 0.717) is 10.0 Å². The predicted octanol–water partition coefficient (Wildman–Crippen LogP) is 7.16. The van der Waals surface area contributed by atoms with Crippen LogP contribution in [0.15, 0.2) is 87.9 Å². The second-order valence-corrected chi connectivity index (χ2v) is 9.19. The lowest BCUT2D eigenvalue weighted by Gasteiger charge is -2.29. The van der Waals surface area contributed by atoms with Crippen LogP contribution >= 0.6 is 15.9 Å². The van der Waals surface area contributed by atoms with Crippen LogP contribution < -0.4 is 0 Å². The van der Waals surface area contributed by atoms with E-state index in [-0.39, 0.29) is 29.5 Å². The summed E-state index contributed by atoms with van der Waals surface area (Å²) in [6.45, 7) is 0. The fraction of sp³-hybridized carbons (Fsp3) is 0.185. The summed E-state index contributed by atoms with van der Waals surface area (Å²) in [6.07, 6.45) is 4.69. The molecule has 3 aromatic carbocycles. The minimum Gasteiger partial charge on any atom is -0.267 e. The summed E-state index contributed by atoms with van der Waals surface area (Å²) >= 11 is 3.48. The first-order chi connectivity index (χ1) is 16.0. The highest BCUT2D eigenvalue weighted by Gasteiger charge is 2.44. The van der Waals surface area contributed by atoms with Gasteiger partial charge >= 0.3 is 0 Å². The van der Waals surface area contributed by atoms with Crippen LogP contribution in [0, 0.1) is 17.6 Å². The number of carbonyl (C=O) groups is 1. The van der Waals surface area contributed by atoms with Crippen molar-refractivity contribution < 1.29 is 13.6 Å². The minimum absolute atomic E-state index is 0.00217. The highest BCUT2D eigenvalue weighted by molar-refractivity contribution is 9.10. The van der Waals surface area contributed by atoms with E-state index in [0.717, 1.165) is 41.7 Å². The van der Waals surface area contributed by atoms with Gasteiger partial charge in [-0.05, 0) is 94.4 Å². The molecule has 0 N–H and O–H groups in total. The molecule has 0 aromatic heterocycles. The maximum atomic E-state index is 13.7. The summed E-state index contributed by atoms with van der Waals surface area (Å²) in [4.78, 5) is 13.6. The summed E-state index contributed by atoms with van der Waals surface area (Å²) in [7, 11) is 0. The van der Waals surface area contributed by atoms with Gasteiger partial charge in [-0.25, -0.2) is 13.8 Å². The Morgan fingerprint density at radius 1 is 0.970 bits per heavy atom. The molecule has 166 valence electrons. The van der Waals surface area contributed by atoms with Gasteiger partial charge in [-0.3, -0.25) is 4.79 Å². The first-order valence-corrected chi connectivity index (χ1v) is 11.7. The Morgan fingerprint density at radius 2 is 1.64 bits per heavy atom. The van der Waals surface area contributed by atoms with Crippen LogP contribution in [0.1, 0.15) is 46.8 Å². The van der Waals surface area contributed by atoms with Gasteiger partial charge in [0, 0.05) is 10.4 Å². The highest BCUT2D eigenvalue weighted by atomic mass is 79.9. The molecule has 3 aromatic rings. The molecule has 0 saturated heterocycles. The molecule has 33 heavy (non-hydrogen) atoms. The zero-order chi connectivity index (χ0) is 22.9. The van der Waals surface area contributed by atoms with E-state index in [4.69, 9.17) is 5.10 Å². The molecule has 2 atom stereocenters. The molecule has 2 unspecified atom stereocenters. The molecule has 5 rings (SSSR count). The number of halogens is 3. The number of rotatable bonds is 3. The van der Waals surface area contributed by atoms with Gasteiger partial charge in [0.05, 0.1) is 17.3 Å². The monoisotopic (exact) mass is 506 g/mol. The lowest BCUT2D eigenvalue weighted by molar-refractivity contribution is 0.0680. The Kier molecular flexibility index (Phi) is 5.94. The lowest BCUT2D eigenvalue weighted by atomic mass is 9.77. The molecule has 0 bridgehead atoms. The number of hydrazone groups is 1. The van der Waals surface area contributed by atoms with Gasteiger partial charge in [-0.2, -0.15) is 5.10 Å². The third-order valence-electron chi connectivity index (χ3n) is 6.24. The number of amides is 1. The molecule has 1 heterocycles. The average Bonchev–Trinajstić information content (AvgIpc) is 3.22. The van der Waals surface area contributed by atoms with Crippen molar-refractivity contribution in [2.24, 2.45) is 11.0 Å². The molecule has 1 amide bonds. The molecule has 1 aliphatic carbocycles. The van der Waals surface area contributed by atoms with Gasteiger partial charge < -0.3 is 0 Å². The van der Waals surface area contributed by atoms with Crippen molar-refractivity contribution in [2.45, 2.75) is 25.3 Å². The summed E-state index contributed by atoms with van der Waals surface area (Å²) in [6, 6.07) is 19.6. The Bertz CT molecular complexity index is 1250. The van der Waals surface area contributed by atoms with Gasteiger partial charge in [-0.1, -0.05) is 36.4 Å². The zero-order valence-corrected chi connectivity index (χ0v) is 19.3. The van der Waals surface area contributed by atoms with E-state index in [1.807, 2.05) is 24.3 Å². The Balaban J connectivity index is 1.59.